The van der Waals surface area contributed by atoms with Crippen LogP contribution in [0.3, 0.4) is 0 Å². The lowest BCUT2D eigenvalue weighted by molar-refractivity contribution is -0.124. The molecule has 1 amide bonds. The lowest BCUT2D eigenvalue weighted by Gasteiger charge is -2.38. The van der Waals surface area contributed by atoms with E-state index in [0.717, 1.165) is 31.2 Å². The van der Waals surface area contributed by atoms with E-state index in [9.17, 15) is 4.79 Å². The van der Waals surface area contributed by atoms with Crippen molar-refractivity contribution >= 4 is 17.5 Å². The number of nitrogens with zero attached hydrogens (tertiary/aromatic N) is 2. The molecule has 0 aromatic heterocycles. The molecule has 1 fully saturated rings. The summed E-state index contributed by atoms with van der Waals surface area (Å²) in [7, 11) is 2.15. The minimum atomic E-state index is 0.0124. The Balaban J connectivity index is 2.09. The van der Waals surface area contributed by atoms with Crippen molar-refractivity contribution in [1.29, 1.82) is 0 Å². The van der Waals surface area contributed by atoms with Gasteiger partial charge in [0.25, 0.3) is 0 Å². The first-order valence-corrected chi connectivity index (χ1v) is 8.31. The molecule has 5 heteroatoms. The second-order valence-electron chi connectivity index (χ2n) is 6.31. The number of carbonyl (C=O) groups is 1. The van der Waals surface area contributed by atoms with Gasteiger partial charge in [-0.25, -0.2) is 0 Å². The van der Waals surface area contributed by atoms with Crippen LogP contribution in [0.25, 0.3) is 0 Å². The summed E-state index contributed by atoms with van der Waals surface area (Å²) in [5, 5.41) is 3.82. The minimum absolute atomic E-state index is 0.0124. The normalized spacial score (nSPS) is 18.4. The first-order chi connectivity index (χ1) is 10.5. The molecule has 2 rings (SSSR count). The van der Waals surface area contributed by atoms with E-state index in [1.807, 2.05) is 26.0 Å². The second kappa shape index (κ2) is 7.95. The Morgan fingerprint density at radius 3 is 2.32 bits per heavy atom. The standard InChI is InChI=1S/C17H26ClN3O/c1-13(2)17(22)19-12-16(14-4-6-15(18)7-5-14)21-10-8-20(3)9-11-21/h4-7,13,16H,8-12H2,1-3H3,(H,19,22)/t16-/m0/s1. The molecule has 1 N–H and O–H groups in total. The number of benzene rings is 1. The van der Waals surface area contributed by atoms with Crippen molar-refractivity contribution in [2.45, 2.75) is 19.9 Å². The van der Waals surface area contributed by atoms with Gasteiger partial charge in [-0.15, -0.1) is 0 Å². The molecule has 0 unspecified atom stereocenters. The number of piperazine rings is 1. The Morgan fingerprint density at radius 2 is 1.77 bits per heavy atom. The third kappa shape index (κ3) is 4.70. The van der Waals surface area contributed by atoms with Crippen molar-refractivity contribution in [3.05, 3.63) is 34.9 Å². The van der Waals surface area contributed by atoms with E-state index in [2.05, 4.69) is 34.3 Å². The first kappa shape index (κ1) is 17.3. The predicted molar refractivity (Wildman–Crippen MR) is 91.1 cm³/mol. The number of amides is 1. The summed E-state index contributed by atoms with van der Waals surface area (Å²) in [4.78, 5) is 16.7. The van der Waals surface area contributed by atoms with Crippen LogP contribution in [0.5, 0.6) is 0 Å². The number of hydrogen-bond acceptors (Lipinski definition) is 3. The summed E-state index contributed by atoms with van der Waals surface area (Å²) in [5.41, 5.74) is 1.21. The maximum atomic E-state index is 11.9. The Kier molecular flexibility index (Phi) is 6.24. The Morgan fingerprint density at radius 1 is 1.18 bits per heavy atom. The topological polar surface area (TPSA) is 35.6 Å². The highest BCUT2D eigenvalue weighted by Crippen LogP contribution is 2.23. The quantitative estimate of drug-likeness (QED) is 0.904. The fourth-order valence-corrected chi connectivity index (χ4v) is 2.80. The maximum absolute atomic E-state index is 11.9. The highest BCUT2D eigenvalue weighted by molar-refractivity contribution is 6.30. The van der Waals surface area contributed by atoms with Gasteiger partial charge in [-0.2, -0.15) is 0 Å². The van der Waals surface area contributed by atoms with Crippen LogP contribution in [0.4, 0.5) is 0 Å². The van der Waals surface area contributed by atoms with Crippen molar-refractivity contribution in [1.82, 2.24) is 15.1 Å². The molecule has 0 aliphatic carbocycles. The summed E-state index contributed by atoms with van der Waals surface area (Å²) in [6.45, 7) is 8.63. The molecule has 1 aromatic carbocycles. The maximum Gasteiger partial charge on any atom is 0.222 e. The molecule has 0 radical (unpaired) electrons. The van der Waals surface area contributed by atoms with Crippen LogP contribution in [0.2, 0.25) is 5.02 Å². The van der Waals surface area contributed by atoms with Crippen molar-refractivity contribution in [3.8, 4) is 0 Å². The molecular formula is C17H26ClN3O. The van der Waals surface area contributed by atoms with Crippen molar-refractivity contribution in [3.63, 3.8) is 0 Å². The van der Waals surface area contributed by atoms with E-state index < -0.39 is 0 Å². The van der Waals surface area contributed by atoms with Crippen LogP contribution >= 0.6 is 11.6 Å². The molecule has 1 aliphatic rings. The lowest BCUT2D eigenvalue weighted by Crippen LogP contribution is -2.48. The van der Waals surface area contributed by atoms with E-state index in [1.165, 1.54) is 5.56 Å². The van der Waals surface area contributed by atoms with Crippen LogP contribution in [-0.4, -0.2) is 55.5 Å². The SMILES string of the molecule is CC(C)C(=O)NC[C@@H](c1ccc(Cl)cc1)N1CCN(C)CC1. The van der Waals surface area contributed by atoms with Gasteiger partial charge in [0.15, 0.2) is 0 Å². The van der Waals surface area contributed by atoms with Gasteiger partial charge in [0.2, 0.25) is 5.91 Å². The van der Waals surface area contributed by atoms with Crippen LogP contribution in [0.1, 0.15) is 25.5 Å². The Hall–Kier alpha value is -1.10. The van der Waals surface area contributed by atoms with Gasteiger partial charge in [0.05, 0.1) is 6.04 Å². The van der Waals surface area contributed by atoms with E-state index in [4.69, 9.17) is 11.6 Å². The van der Waals surface area contributed by atoms with Crippen LogP contribution in [0.15, 0.2) is 24.3 Å². The van der Waals surface area contributed by atoms with Crippen LogP contribution < -0.4 is 5.32 Å². The largest absolute Gasteiger partial charge is 0.354 e. The molecule has 1 aliphatic heterocycles. The van der Waals surface area contributed by atoms with E-state index in [1.54, 1.807) is 0 Å². The lowest BCUT2D eigenvalue weighted by atomic mass is 10.0. The molecule has 1 saturated heterocycles. The zero-order valence-corrected chi connectivity index (χ0v) is 14.4. The third-order valence-electron chi connectivity index (χ3n) is 4.23. The highest BCUT2D eigenvalue weighted by Gasteiger charge is 2.24. The molecule has 1 atom stereocenters. The summed E-state index contributed by atoms with van der Waals surface area (Å²) in [6.07, 6.45) is 0. The molecular weight excluding hydrogens is 298 g/mol. The Bertz CT molecular complexity index is 481. The molecule has 1 aromatic rings. The number of halogens is 1. The zero-order valence-electron chi connectivity index (χ0n) is 13.7. The molecule has 22 heavy (non-hydrogen) atoms. The fraction of sp³-hybridized carbons (Fsp3) is 0.588. The molecule has 4 nitrogen and oxygen atoms in total. The van der Waals surface area contributed by atoms with Crippen LogP contribution in [-0.2, 0) is 4.79 Å². The van der Waals surface area contributed by atoms with Gasteiger partial charge >= 0.3 is 0 Å². The van der Waals surface area contributed by atoms with Gasteiger partial charge in [0, 0.05) is 43.7 Å². The summed E-state index contributed by atoms with van der Waals surface area (Å²) >= 11 is 6.00. The third-order valence-corrected chi connectivity index (χ3v) is 4.48. The van der Waals surface area contributed by atoms with Crippen molar-refractivity contribution in [2.75, 3.05) is 39.8 Å². The van der Waals surface area contributed by atoms with E-state index in [0.29, 0.717) is 6.54 Å². The molecule has 0 saturated carbocycles. The second-order valence-corrected chi connectivity index (χ2v) is 6.74. The molecule has 0 spiro atoms. The summed E-state index contributed by atoms with van der Waals surface area (Å²) in [6, 6.07) is 8.17. The number of carbonyl (C=O) groups excluding carboxylic acids is 1. The van der Waals surface area contributed by atoms with E-state index in [-0.39, 0.29) is 17.9 Å². The minimum Gasteiger partial charge on any atom is -0.354 e. The predicted octanol–water partition coefficient (Wildman–Crippen LogP) is 2.40. The number of hydrogen-bond donors (Lipinski definition) is 1. The average Bonchev–Trinajstić information content (AvgIpc) is 2.50. The monoisotopic (exact) mass is 323 g/mol. The van der Waals surface area contributed by atoms with Gasteiger partial charge in [-0.1, -0.05) is 37.6 Å². The number of rotatable bonds is 5. The zero-order chi connectivity index (χ0) is 16.1. The number of likely N-dealkylation sites (N-methyl/N-ethyl adjacent to an activating group) is 1. The van der Waals surface area contributed by atoms with Crippen molar-refractivity contribution < 1.29 is 4.79 Å². The average molecular weight is 324 g/mol. The van der Waals surface area contributed by atoms with Gasteiger partial charge in [0.1, 0.15) is 0 Å². The summed E-state index contributed by atoms with van der Waals surface area (Å²) < 4.78 is 0. The van der Waals surface area contributed by atoms with Gasteiger partial charge < -0.3 is 10.2 Å². The van der Waals surface area contributed by atoms with Gasteiger partial charge in [-0.3, -0.25) is 9.69 Å². The Labute approximate surface area is 138 Å². The molecule has 0 bridgehead atoms. The van der Waals surface area contributed by atoms with Crippen molar-refractivity contribution in [2.24, 2.45) is 5.92 Å². The smallest absolute Gasteiger partial charge is 0.222 e. The van der Waals surface area contributed by atoms with Crippen LogP contribution in [0, 0.1) is 5.92 Å². The fourth-order valence-electron chi connectivity index (χ4n) is 2.68. The highest BCUT2D eigenvalue weighted by atomic mass is 35.5. The summed E-state index contributed by atoms with van der Waals surface area (Å²) in [5.74, 6) is 0.117. The van der Waals surface area contributed by atoms with Gasteiger partial charge in [-0.05, 0) is 24.7 Å². The van der Waals surface area contributed by atoms with E-state index >= 15 is 0 Å². The molecule has 122 valence electrons. The first-order valence-electron chi connectivity index (χ1n) is 7.93. The molecule has 1 heterocycles. The number of nitrogens with one attached hydrogen (secondary N) is 1.